The van der Waals surface area contributed by atoms with E-state index in [9.17, 15) is 0 Å². The Morgan fingerprint density at radius 3 is 1.65 bits per heavy atom. The van der Waals surface area contributed by atoms with Gasteiger partial charge in [-0.15, -0.1) is 0 Å². The Labute approximate surface area is 157 Å². The third-order valence-corrected chi connectivity index (χ3v) is 15.8. The van der Waals surface area contributed by atoms with Gasteiger partial charge >= 0.3 is 158 Å². The molecule has 1 rings (SSSR count). The molecule has 0 aliphatic rings. The SMILES string of the molecule is C=Cc1ccc(CP(I)(CCCC)(CCCC)CCCC)cc1. The molecule has 0 aliphatic carbocycles. The molecule has 0 aromatic heterocycles. The molecule has 0 amide bonds. The van der Waals surface area contributed by atoms with Crippen molar-refractivity contribution < 1.29 is 0 Å². The molecule has 0 bridgehead atoms. The summed E-state index contributed by atoms with van der Waals surface area (Å²) in [5.74, 6) is 0. The van der Waals surface area contributed by atoms with Crippen LogP contribution in [0.4, 0.5) is 0 Å². The van der Waals surface area contributed by atoms with E-state index < -0.39 is 4.25 Å². The summed E-state index contributed by atoms with van der Waals surface area (Å²) in [7, 11) is 0. The van der Waals surface area contributed by atoms with Crippen LogP contribution in [0, 0.1) is 0 Å². The molecule has 0 saturated heterocycles. The van der Waals surface area contributed by atoms with Crippen LogP contribution in [-0.2, 0) is 6.16 Å². The molecule has 1 aromatic carbocycles. The molecule has 23 heavy (non-hydrogen) atoms. The summed E-state index contributed by atoms with van der Waals surface area (Å²) < 4.78 is -1.67. The second-order valence-electron chi connectivity index (χ2n) is 7.16. The van der Waals surface area contributed by atoms with Crippen molar-refractivity contribution in [3.05, 3.63) is 42.0 Å². The monoisotopic (exact) mass is 446 g/mol. The Balaban J connectivity index is 3.07. The van der Waals surface area contributed by atoms with Gasteiger partial charge < -0.3 is 0 Å². The van der Waals surface area contributed by atoms with E-state index in [1.807, 2.05) is 6.08 Å². The molecule has 0 unspecified atom stereocenters. The first-order chi connectivity index (χ1) is 11.0. The second-order valence-corrected chi connectivity index (χ2v) is 20.6. The normalized spacial score (nSPS) is 13.5. The Morgan fingerprint density at radius 1 is 0.870 bits per heavy atom. The van der Waals surface area contributed by atoms with Gasteiger partial charge in [-0.25, -0.2) is 0 Å². The van der Waals surface area contributed by atoms with Gasteiger partial charge in [-0.2, -0.15) is 0 Å². The number of benzene rings is 1. The molecule has 0 fully saturated rings. The van der Waals surface area contributed by atoms with Gasteiger partial charge in [-0.05, 0) is 0 Å². The fraction of sp³-hybridized carbons (Fsp3) is 0.619. The van der Waals surface area contributed by atoms with Crippen molar-refractivity contribution in [3.8, 4) is 0 Å². The van der Waals surface area contributed by atoms with E-state index in [4.69, 9.17) is 0 Å². The molecule has 0 radical (unpaired) electrons. The minimum atomic E-state index is -1.67. The molecule has 0 aliphatic heterocycles. The zero-order valence-electron chi connectivity index (χ0n) is 15.5. The van der Waals surface area contributed by atoms with Crippen LogP contribution in [0.5, 0.6) is 0 Å². The van der Waals surface area contributed by atoms with Crippen molar-refractivity contribution in [2.75, 3.05) is 18.5 Å². The van der Waals surface area contributed by atoms with Crippen molar-refractivity contribution in [3.63, 3.8) is 0 Å². The first-order valence-electron chi connectivity index (χ1n) is 9.43. The predicted octanol–water partition coefficient (Wildman–Crippen LogP) is 8.13. The summed E-state index contributed by atoms with van der Waals surface area (Å²) >= 11 is 3.01. The van der Waals surface area contributed by atoms with Crippen molar-refractivity contribution >= 4 is 32.4 Å². The fourth-order valence-electron chi connectivity index (χ4n) is 3.45. The van der Waals surface area contributed by atoms with E-state index in [2.05, 4.69) is 73.7 Å². The summed E-state index contributed by atoms with van der Waals surface area (Å²) in [6.07, 6.45) is 15.9. The number of halogens is 1. The number of hydrogen-bond donors (Lipinski definition) is 0. The van der Waals surface area contributed by atoms with Gasteiger partial charge in [0.2, 0.25) is 0 Å². The zero-order valence-corrected chi connectivity index (χ0v) is 18.5. The summed E-state index contributed by atoms with van der Waals surface area (Å²) in [6, 6.07) is 9.17. The Hall–Kier alpha value is 0.120. The minimum absolute atomic E-state index is 1.23. The topological polar surface area (TPSA) is 0 Å². The average Bonchev–Trinajstić information content (AvgIpc) is 2.58. The van der Waals surface area contributed by atoms with E-state index in [0.29, 0.717) is 0 Å². The molecular formula is C21H36IP. The van der Waals surface area contributed by atoms with Crippen LogP contribution in [0.2, 0.25) is 0 Å². The Bertz CT molecular complexity index is 439. The van der Waals surface area contributed by atoms with Crippen LogP contribution in [0.3, 0.4) is 0 Å². The van der Waals surface area contributed by atoms with Crippen molar-refractivity contribution in [2.24, 2.45) is 0 Å². The third kappa shape index (κ3) is 6.86. The second kappa shape index (κ2) is 10.2. The first kappa shape index (κ1) is 21.2. The van der Waals surface area contributed by atoms with Gasteiger partial charge in [0.1, 0.15) is 0 Å². The molecule has 2 heteroatoms. The zero-order chi connectivity index (χ0) is 17.2. The van der Waals surface area contributed by atoms with Crippen molar-refractivity contribution in [1.29, 1.82) is 0 Å². The van der Waals surface area contributed by atoms with Crippen LogP contribution in [0.15, 0.2) is 30.8 Å². The maximum absolute atomic E-state index is 3.88. The molecule has 0 heterocycles. The molecular weight excluding hydrogens is 410 g/mol. The molecule has 0 nitrogen and oxygen atoms in total. The van der Waals surface area contributed by atoms with Gasteiger partial charge in [0.25, 0.3) is 0 Å². The standard InChI is InChI=1S/C21H36IP/c1-5-9-16-23(22,17-10-6-2,18-11-7-3)19-21-14-12-20(8-4)13-15-21/h8,12-15H,4-7,9-11,16-19H2,1-3H3. The van der Waals surface area contributed by atoms with Gasteiger partial charge in [-0.1, -0.05) is 0 Å². The molecule has 0 spiro atoms. The fourth-order valence-corrected chi connectivity index (χ4v) is 13.3. The Morgan fingerprint density at radius 2 is 1.30 bits per heavy atom. The van der Waals surface area contributed by atoms with E-state index in [0.717, 1.165) is 0 Å². The average molecular weight is 446 g/mol. The van der Waals surface area contributed by atoms with Crippen LogP contribution in [-0.4, -0.2) is 18.5 Å². The van der Waals surface area contributed by atoms with Crippen LogP contribution < -0.4 is 0 Å². The van der Waals surface area contributed by atoms with Gasteiger partial charge in [0, 0.05) is 0 Å². The van der Waals surface area contributed by atoms with Gasteiger partial charge in [0.15, 0.2) is 0 Å². The van der Waals surface area contributed by atoms with Crippen molar-refractivity contribution in [2.45, 2.75) is 65.5 Å². The predicted molar refractivity (Wildman–Crippen MR) is 121 cm³/mol. The quantitative estimate of drug-likeness (QED) is 0.225. The molecule has 132 valence electrons. The summed E-state index contributed by atoms with van der Waals surface area (Å²) in [6.45, 7) is 10.9. The third-order valence-electron chi connectivity index (χ3n) is 5.00. The van der Waals surface area contributed by atoms with Gasteiger partial charge in [0.05, 0.1) is 0 Å². The summed E-state index contributed by atoms with van der Waals surface area (Å²) in [5, 5.41) is 0. The van der Waals surface area contributed by atoms with E-state index in [-0.39, 0.29) is 0 Å². The van der Waals surface area contributed by atoms with Crippen LogP contribution in [0.1, 0.15) is 70.4 Å². The van der Waals surface area contributed by atoms with E-state index >= 15 is 0 Å². The van der Waals surface area contributed by atoms with Crippen LogP contribution >= 0.6 is 26.3 Å². The summed E-state index contributed by atoms with van der Waals surface area (Å²) in [5.41, 5.74) is 2.78. The number of rotatable bonds is 12. The van der Waals surface area contributed by atoms with Gasteiger partial charge in [-0.3, -0.25) is 0 Å². The van der Waals surface area contributed by atoms with E-state index in [1.165, 1.54) is 68.7 Å². The number of hydrogen-bond acceptors (Lipinski definition) is 0. The molecule has 0 atom stereocenters. The number of unbranched alkanes of at least 4 members (excludes halogenated alkanes) is 3. The maximum atomic E-state index is 3.88. The van der Waals surface area contributed by atoms with Crippen molar-refractivity contribution in [1.82, 2.24) is 0 Å². The first-order valence-corrected chi connectivity index (χ1v) is 15.2. The van der Waals surface area contributed by atoms with Crippen LogP contribution in [0.25, 0.3) is 6.08 Å². The van der Waals surface area contributed by atoms with E-state index in [1.54, 1.807) is 5.56 Å². The Kier molecular flexibility index (Phi) is 9.37. The summed E-state index contributed by atoms with van der Waals surface area (Å²) in [4.78, 5) is 0. The molecule has 0 N–H and O–H groups in total. The molecule has 1 aromatic rings. The molecule has 0 saturated carbocycles.